The largest absolute Gasteiger partial charge is 0.338 e. The van der Waals surface area contributed by atoms with E-state index in [0.29, 0.717) is 17.9 Å². The molecule has 0 radical (unpaired) electrons. The van der Waals surface area contributed by atoms with Gasteiger partial charge in [-0.15, -0.1) is 0 Å². The molecule has 0 amide bonds. The van der Waals surface area contributed by atoms with E-state index in [-0.39, 0.29) is 5.69 Å². The second kappa shape index (κ2) is 4.65. The Labute approximate surface area is 99.8 Å². The minimum absolute atomic E-state index is 0.0611. The standard InChI is InChI=1S/C11H16N4O2/c1-8(2)7-14(9-3-4-9)11-12-5-10(6-13-11)15(16)17/h5-6,8-9H,3-4,7H2,1-2H3. The molecule has 2 rings (SSSR count). The molecule has 1 aromatic heterocycles. The molecule has 1 aromatic rings. The summed E-state index contributed by atoms with van der Waals surface area (Å²) in [5, 5.41) is 10.5. The number of aromatic nitrogens is 2. The lowest BCUT2D eigenvalue weighted by molar-refractivity contribution is -0.385. The molecule has 1 aliphatic rings. The Morgan fingerprint density at radius 2 is 2.06 bits per heavy atom. The van der Waals surface area contributed by atoms with Gasteiger partial charge in [0.2, 0.25) is 5.95 Å². The number of nitrogens with zero attached hydrogens (tertiary/aromatic N) is 4. The average Bonchev–Trinajstić information content (AvgIpc) is 3.09. The summed E-state index contributed by atoms with van der Waals surface area (Å²) < 4.78 is 0. The number of rotatable bonds is 5. The zero-order chi connectivity index (χ0) is 12.4. The van der Waals surface area contributed by atoms with Gasteiger partial charge < -0.3 is 4.90 Å². The first kappa shape index (κ1) is 11.8. The molecule has 0 spiro atoms. The molecule has 1 fully saturated rings. The van der Waals surface area contributed by atoms with Gasteiger partial charge in [0.1, 0.15) is 12.4 Å². The Balaban J connectivity index is 2.15. The monoisotopic (exact) mass is 236 g/mol. The van der Waals surface area contributed by atoms with Crippen molar-refractivity contribution < 1.29 is 4.92 Å². The minimum atomic E-state index is -0.478. The van der Waals surface area contributed by atoms with Gasteiger partial charge in [-0.1, -0.05) is 13.8 Å². The Morgan fingerprint density at radius 3 is 2.47 bits per heavy atom. The molecule has 6 heteroatoms. The van der Waals surface area contributed by atoms with Gasteiger partial charge in [0, 0.05) is 12.6 Å². The lowest BCUT2D eigenvalue weighted by atomic mass is 10.2. The van der Waals surface area contributed by atoms with Crippen LogP contribution in [0.1, 0.15) is 26.7 Å². The second-order valence-electron chi connectivity index (χ2n) is 4.78. The summed E-state index contributed by atoms with van der Waals surface area (Å²) in [7, 11) is 0. The molecule has 0 aliphatic heterocycles. The van der Waals surface area contributed by atoms with E-state index in [9.17, 15) is 10.1 Å². The summed E-state index contributed by atoms with van der Waals surface area (Å²) in [5.74, 6) is 1.13. The first-order chi connectivity index (χ1) is 8.08. The van der Waals surface area contributed by atoms with Gasteiger partial charge in [0.15, 0.2) is 0 Å². The third kappa shape index (κ3) is 2.89. The maximum Gasteiger partial charge on any atom is 0.305 e. The van der Waals surface area contributed by atoms with Crippen LogP contribution in [-0.4, -0.2) is 27.5 Å². The second-order valence-corrected chi connectivity index (χ2v) is 4.78. The van der Waals surface area contributed by atoms with E-state index in [0.717, 1.165) is 19.4 Å². The average molecular weight is 236 g/mol. The quantitative estimate of drug-likeness (QED) is 0.577. The Bertz CT molecular complexity index is 400. The van der Waals surface area contributed by atoms with E-state index < -0.39 is 4.92 Å². The van der Waals surface area contributed by atoms with Crippen molar-refractivity contribution in [3.63, 3.8) is 0 Å². The maximum absolute atomic E-state index is 10.5. The topological polar surface area (TPSA) is 72.2 Å². The number of hydrogen-bond acceptors (Lipinski definition) is 5. The Kier molecular flexibility index (Phi) is 3.21. The first-order valence-corrected chi connectivity index (χ1v) is 5.81. The fourth-order valence-corrected chi connectivity index (χ4v) is 1.73. The van der Waals surface area contributed by atoms with E-state index in [4.69, 9.17) is 0 Å². The zero-order valence-electron chi connectivity index (χ0n) is 10.0. The van der Waals surface area contributed by atoms with Gasteiger partial charge in [0.05, 0.1) is 4.92 Å². The van der Waals surface area contributed by atoms with E-state index in [1.807, 2.05) is 0 Å². The predicted octanol–water partition coefficient (Wildman–Crippen LogP) is 2.01. The van der Waals surface area contributed by atoms with Crippen molar-refractivity contribution in [3.8, 4) is 0 Å². The van der Waals surface area contributed by atoms with Gasteiger partial charge in [-0.05, 0) is 18.8 Å². The van der Waals surface area contributed by atoms with Crippen LogP contribution in [0.4, 0.5) is 11.6 Å². The van der Waals surface area contributed by atoms with Crippen molar-refractivity contribution in [3.05, 3.63) is 22.5 Å². The smallest absolute Gasteiger partial charge is 0.305 e. The molecule has 6 nitrogen and oxygen atoms in total. The highest BCUT2D eigenvalue weighted by Crippen LogP contribution is 2.30. The summed E-state index contributed by atoms with van der Waals surface area (Å²) in [6, 6.07) is 0.513. The SMILES string of the molecule is CC(C)CN(c1ncc([N+](=O)[O-])cn1)C1CC1. The molecule has 0 atom stereocenters. The van der Waals surface area contributed by atoms with E-state index >= 15 is 0 Å². The van der Waals surface area contributed by atoms with Gasteiger partial charge in [-0.25, -0.2) is 9.97 Å². The van der Waals surface area contributed by atoms with Gasteiger partial charge in [0.25, 0.3) is 0 Å². The summed E-state index contributed by atoms with van der Waals surface area (Å²) in [6.45, 7) is 5.17. The Hall–Kier alpha value is -1.72. The van der Waals surface area contributed by atoms with Crippen LogP contribution in [-0.2, 0) is 0 Å². The van der Waals surface area contributed by atoms with Crippen molar-refractivity contribution in [2.45, 2.75) is 32.7 Å². The van der Waals surface area contributed by atoms with Crippen LogP contribution in [0.3, 0.4) is 0 Å². The molecule has 92 valence electrons. The molecule has 1 saturated carbocycles. The normalized spacial score (nSPS) is 15.0. The highest BCUT2D eigenvalue weighted by atomic mass is 16.6. The fourth-order valence-electron chi connectivity index (χ4n) is 1.73. The van der Waals surface area contributed by atoms with Crippen LogP contribution in [0.15, 0.2) is 12.4 Å². The molecule has 1 aliphatic carbocycles. The number of hydrogen-bond donors (Lipinski definition) is 0. The molecule has 0 aromatic carbocycles. The highest BCUT2D eigenvalue weighted by Gasteiger charge is 2.31. The van der Waals surface area contributed by atoms with Crippen molar-refractivity contribution in [2.24, 2.45) is 5.92 Å². The van der Waals surface area contributed by atoms with Gasteiger partial charge >= 0.3 is 5.69 Å². The van der Waals surface area contributed by atoms with Crippen LogP contribution in [0.2, 0.25) is 0 Å². The molecular formula is C11H16N4O2. The van der Waals surface area contributed by atoms with Crippen molar-refractivity contribution in [1.29, 1.82) is 0 Å². The summed E-state index contributed by atoms with van der Waals surface area (Å²) in [6.07, 6.45) is 4.87. The van der Waals surface area contributed by atoms with Gasteiger partial charge in [-0.3, -0.25) is 10.1 Å². The summed E-state index contributed by atoms with van der Waals surface area (Å²) >= 11 is 0. The lowest BCUT2D eigenvalue weighted by Gasteiger charge is -2.23. The maximum atomic E-state index is 10.5. The van der Waals surface area contributed by atoms with Crippen LogP contribution >= 0.6 is 0 Å². The van der Waals surface area contributed by atoms with Crippen LogP contribution in [0, 0.1) is 16.0 Å². The molecular weight excluding hydrogens is 220 g/mol. The highest BCUT2D eigenvalue weighted by molar-refractivity contribution is 5.36. The van der Waals surface area contributed by atoms with Crippen LogP contribution in [0.25, 0.3) is 0 Å². The minimum Gasteiger partial charge on any atom is -0.338 e. The molecule has 0 N–H and O–H groups in total. The third-order valence-corrected chi connectivity index (χ3v) is 2.64. The molecule has 0 unspecified atom stereocenters. The van der Waals surface area contributed by atoms with E-state index in [1.54, 1.807) is 0 Å². The lowest BCUT2D eigenvalue weighted by Crippen LogP contribution is -2.31. The van der Waals surface area contributed by atoms with Crippen LogP contribution < -0.4 is 4.90 Å². The third-order valence-electron chi connectivity index (χ3n) is 2.64. The zero-order valence-corrected chi connectivity index (χ0v) is 10.0. The molecule has 1 heterocycles. The number of anilines is 1. The van der Waals surface area contributed by atoms with Crippen molar-refractivity contribution in [1.82, 2.24) is 9.97 Å². The molecule has 17 heavy (non-hydrogen) atoms. The summed E-state index contributed by atoms with van der Waals surface area (Å²) in [5.41, 5.74) is -0.0611. The summed E-state index contributed by atoms with van der Waals surface area (Å²) in [4.78, 5) is 20.4. The number of nitro groups is 1. The van der Waals surface area contributed by atoms with Gasteiger partial charge in [-0.2, -0.15) is 0 Å². The van der Waals surface area contributed by atoms with Crippen molar-refractivity contribution >= 4 is 11.6 Å². The van der Waals surface area contributed by atoms with Crippen LogP contribution in [0.5, 0.6) is 0 Å². The molecule has 0 saturated heterocycles. The van der Waals surface area contributed by atoms with Crippen molar-refractivity contribution in [2.75, 3.05) is 11.4 Å². The Morgan fingerprint density at radius 1 is 1.47 bits per heavy atom. The predicted molar refractivity (Wildman–Crippen MR) is 63.9 cm³/mol. The fraction of sp³-hybridized carbons (Fsp3) is 0.636. The van der Waals surface area contributed by atoms with E-state index in [1.165, 1.54) is 12.4 Å². The first-order valence-electron chi connectivity index (χ1n) is 5.81. The van der Waals surface area contributed by atoms with E-state index in [2.05, 4.69) is 28.7 Å². The molecule has 0 bridgehead atoms.